The Labute approximate surface area is 115 Å². The molecule has 4 heteroatoms. The zero-order chi connectivity index (χ0) is 13.9. The van der Waals surface area contributed by atoms with Gasteiger partial charge in [-0.3, -0.25) is 9.78 Å². The molecule has 3 rings (SSSR count). The topological polar surface area (TPSA) is 56.3 Å². The quantitative estimate of drug-likeness (QED) is 0.783. The first-order valence-electron chi connectivity index (χ1n) is 6.17. The van der Waals surface area contributed by atoms with E-state index in [1.165, 1.54) is 12.3 Å². The van der Waals surface area contributed by atoms with E-state index in [1.807, 2.05) is 18.2 Å². The molecular formula is C16H11NO3. The second kappa shape index (κ2) is 5.09. The van der Waals surface area contributed by atoms with E-state index < -0.39 is 12.1 Å². The Balaban J connectivity index is 1.89. The van der Waals surface area contributed by atoms with E-state index in [-0.39, 0.29) is 5.78 Å². The Bertz CT molecular complexity index is 692. The van der Waals surface area contributed by atoms with E-state index in [2.05, 4.69) is 4.98 Å². The van der Waals surface area contributed by atoms with Gasteiger partial charge in [-0.1, -0.05) is 30.3 Å². The lowest BCUT2D eigenvalue weighted by Crippen LogP contribution is -2.21. The zero-order valence-electron chi connectivity index (χ0n) is 10.5. The van der Waals surface area contributed by atoms with E-state index in [1.54, 1.807) is 30.5 Å². The van der Waals surface area contributed by atoms with E-state index in [9.17, 15) is 9.59 Å². The summed E-state index contributed by atoms with van der Waals surface area (Å²) in [6.07, 6.45) is 5.26. The van der Waals surface area contributed by atoms with Crippen molar-refractivity contribution in [2.45, 2.75) is 6.10 Å². The average molecular weight is 265 g/mol. The van der Waals surface area contributed by atoms with Crippen molar-refractivity contribution in [2.24, 2.45) is 0 Å². The normalized spacial score (nSPS) is 16.6. The number of nitrogens with zero attached hydrogens (tertiary/aromatic N) is 1. The number of ketones is 1. The molecule has 0 bridgehead atoms. The standard InChI is InChI=1S/C16H11NO3/c18-14-8-7-11-4-1-2-6-13(11)15(14)20-16(19)12-5-3-9-17-10-12/h1-10,15H. The van der Waals surface area contributed by atoms with Crippen LogP contribution in [-0.2, 0) is 9.53 Å². The maximum absolute atomic E-state index is 12.0. The van der Waals surface area contributed by atoms with Crippen molar-refractivity contribution in [3.63, 3.8) is 0 Å². The van der Waals surface area contributed by atoms with Crippen LogP contribution in [0.3, 0.4) is 0 Å². The Morgan fingerprint density at radius 2 is 1.95 bits per heavy atom. The number of pyridine rings is 1. The fourth-order valence-electron chi connectivity index (χ4n) is 2.09. The Kier molecular flexibility index (Phi) is 3.13. The summed E-state index contributed by atoms with van der Waals surface area (Å²) in [4.78, 5) is 27.8. The Morgan fingerprint density at radius 3 is 2.75 bits per heavy atom. The van der Waals surface area contributed by atoms with Gasteiger partial charge in [0.05, 0.1) is 5.56 Å². The van der Waals surface area contributed by atoms with Crippen LogP contribution >= 0.6 is 0 Å². The number of carbonyl (C=O) groups excluding carboxylic acids is 2. The highest BCUT2D eigenvalue weighted by atomic mass is 16.5. The second-order valence-corrected chi connectivity index (χ2v) is 4.39. The molecule has 1 heterocycles. The molecule has 1 aliphatic rings. The second-order valence-electron chi connectivity index (χ2n) is 4.39. The highest BCUT2D eigenvalue weighted by Crippen LogP contribution is 2.28. The Morgan fingerprint density at radius 1 is 1.10 bits per heavy atom. The van der Waals surface area contributed by atoms with Gasteiger partial charge < -0.3 is 4.74 Å². The van der Waals surface area contributed by atoms with Gasteiger partial charge in [0.2, 0.25) is 5.78 Å². The Hall–Kier alpha value is -2.75. The number of hydrogen-bond acceptors (Lipinski definition) is 4. The highest BCUT2D eigenvalue weighted by molar-refractivity contribution is 6.02. The molecule has 1 aromatic carbocycles. The molecule has 0 saturated carbocycles. The molecule has 0 fully saturated rings. The molecule has 1 atom stereocenters. The number of esters is 1. The molecule has 0 saturated heterocycles. The van der Waals surface area contributed by atoms with Crippen molar-refractivity contribution < 1.29 is 14.3 Å². The van der Waals surface area contributed by atoms with Crippen LogP contribution in [0.25, 0.3) is 6.08 Å². The van der Waals surface area contributed by atoms with Gasteiger partial charge >= 0.3 is 5.97 Å². The molecule has 1 unspecified atom stereocenters. The predicted octanol–water partition coefficient (Wildman–Crippen LogP) is 2.58. The fraction of sp³-hybridized carbons (Fsp3) is 0.0625. The van der Waals surface area contributed by atoms with Crippen LogP contribution in [0.1, 0.15) is 27.6 Å². The first kappa shape index (κ1) is 12.3. The minimum absolute atomic E-state index is 0.235. The number of fused-ring (bicyclic) bond motifs is 1. The molecule has 98 valence electrons. The lowest BCUT2D eigenvalue weighted by atomic mass is 9.94. The number of carbonyl (C=O) groups is 2. The monoisotopic (exact) mass is 265 g/mol. The molecule has 0 radical (unpaired) electrons. The van der Waals surface area contributed by atoms with Crippen molar-refractivity contribution >= 4 is 17.8 Å². The summed E-state index contributed by atoms with van der Waals surface area (Å²) >= 11 is 0. The van der Waals surface area contributed by atoms with Crippen LogP contribution in [-0.4, -0.2) is 16.7 Å². The van der Waals surface area contributed by atoms with E-state index >= 15 is 0 Å². The van der Waals surface area contributed by atoms with Crippen molar-refractivity contribution in [2.75, 3.05) is 0 Å². The lowest BCUT2D eigenvalue weighted by Gasteiger charge is -2.20. The molecule has 0 N–H and O–H groups in total. The molecule has 20 heavy (non-hydrogen) atoms. The molecule has 4 nitrogen and oxygen atoms in total. The van der Waals surface area contributed by atoms with E-state index in [0.29, 0.717) is 11.1 Å². The number of hydrogen-bond donors (Lipinski definition) is 0. The number of aromatic nitrogens is 1. The number of ether oxygens (including phenoxy) is 1. The summed E-state index contributed by atoms with van der Waals surface area (Å²) in [5.41, 5.74) is 1.92. The highest BCUT2D eigenvalue weighted by Gasteiger charge is 2.28. The van der Waals surface area contributed by atoms with Crippen LogP contribution < -0.4 is 0 Å². The SMILES string of the molecule is O=C(OC1C(=O)C=Cc2ccccc21)c1cccnc1. The summed E-state index contributed by atoms with van der Waals surface area (Å²) in [7, 11) is 0. The third-order valence-electron chi connectivity index (χ3n) is 3.09. The first-order chi connectivity index (χ1) is 9.75. The molecule has 0 amide bonds. The van der Waals surface area contributed by atoms with Crippen LogP contribution in [0, 0.1) is 0 Å². The van der Waals surface area contributed by atoms with Crippen LogP contribution in [0.2, 0.25) is 0 Å². The summed E-state index contributed by atoms with van der Waals surface area (Å²) in [6.45, 7) is 0. The van der Waals surface area contributed by atoms with Gasteiger partial charge in [0.25, 0.3) is 0 Å². The van der Waals surface area contributed by atoms with Gasteiger partial charge in [-0.15, -0.1) is 0 Å². The zero-order valence-corrected chi connectivity index (χ0v) is 10.5. The number of benzene rings is 1. The smallest absolute Gasteiger partial charge is 0.340 e. The van der Waals surface area contributed by atoms with Crippen molar-refractivity contribution in [3.8, 4) is 0 Å². The molecule has 0 spiro atoms. The van der Waals surface area contributed by atoms with Crippen molar-refractivity contribution in [1.82, 2.24) is 4.98 Å². The van der Waals surface area contributed by atoms with Crippen LogP contribution in [0.4, 0.5) is 0 Å². The van der Waals surface area contributed by atoms with Crippen LogP contribution in [0.15, 0.2) is 54.9 Å². The van der Waals surface area contributed by atoms with Crippen LogP contribution in [0.5, 0.6) is 0 Å². The third kappa shape index (κ3) is 2.23. The predicted molar refractivity (Wildman–Crippen MR) is 72.9 cm³/mol. The molecule has 1 aromatic heterocycles. The molecule has 1 aliphatic carbocycles. The summed E-state index contributed by atoms with van der Waals surface area (Å²) in [5.74, 6) is -0.789. The molecular weight excluding hydrogens is 254 g/mol. The van der Waals surface area contributed by atoms with Gasteiger partial charge in [-0.2, -0.15) is 0 Å². The summed E-state index contributed by atoms with van der Waals surface area (Å²) in [5, 5.41) is 0. The summed E-state index contributed by atoms with van der Waals surface area (Å²) < 4.78 is 5.34. The minimum atomic E-state index is -0.885. The van der Waals surface area contributed by atoms with Gasteiger partial charge in [-0.05, 0) is 23.8 Å². The van der Waals surface area contributed by atoms with E-state index in [4.69, 9.17) is 4.74 Å². The van der Waals surface area contributed by atoms with E-state index in [0.717, 1.165) is 5.56 Å². The maximum Gasteiger partial charge on any atom is 0.340 e. The molecule has 0 aliphatic heterocycles. The van der Waals surface area contributed by atoms with Gasteiger partial charge in [0.15, 0.2) is 6.10 Å². The third-order valence-corrected chi connectivity index (χ3v) is 3.09. The largest absolute Gasteiger partial charge is 0.445 e. The van der Waals surface area contributed by atoms with Crippen molar-refractivity contribution in [3.05, 3.63) is 71.6 Å². The van der Waals surface area contributed by atoms with Gasteiger partial charge in [0.1, 0.15) is 0 Å². The summed E-state index contributed by atoms with van der Waals surface area (Å²) in [6, 6.07) is 10.6. The van der Waals surface area contributed by atoms with Crippen molar-refractivity contribution in [1.29, 1.82) is 0 Å². The van der Waals surface area contributed by atoms with Gasteiger partial charge in [0, 0.05) is 18.0 Å². The van der Waals surface area contributed by atoms with Gasteiger partial charge in [-0.25, -0.2) is 4.79 Å². The molecule has 2 aromatic rings. The fourth-order valence-corrected chi connectivity index (χ4v) is 2.09. The maximum atomic E-state index is 12.0. The lowest BCUT2D eigenvalue weighted by molar-refractivity contribution is -0.123. The number of rotatable bonds is 2. The minimum Gasteiger partial charge on any atom is -0.445 e. The average Bonchev–Trinajstić information content (AvgIpc) is 2.51. The first-order valence-corrected chi connectivity index (χ1v) is 6.17.